The Morgan fingerprint density at radius 1 is 1.17 bits per heavy atom. The summed E-state index contributed by atoms with van der Waals surface area (Å²) in [5.41, 5.74) is 3.37. The minimum Gasteiger partial charge on any atom is -0.495 e. The predicted molar refractivity (Wildman–Crippen MR) is 109 cm³/mol. The van der Waals surface area contributed by atoms with Crippen LogP contribution in [0.25, 0.3) is 0 Å². The summed E-state index contributed by atoms with van der Waals surface area (Å²) in [4.78, 5) is 38.5. The number of ether oxygens (including phenoxy) is 2. The topological polar surface area (TPSA) is 84.9 Å². The van der Waals surface area contributed by atoms with Crippen molar-refractivity contribution < 1.29 is 23.9 Å². The van der Waals surface area contributed by atoms with Gasteiger partial charge in [-0.3, -0.25) is 14.4 Å². The molecule has 2 amide bonds. The quantitative estimate of drug-likeness (QED) is 0.759. The van der Waals surface area contributed by atoms with E-state index >= 15 is 0 Å². The van der Waals surface area contributed by atoms with Crippen molar-refractivity contribution in [2.45, 2.75) is 20.3 Å². The lowest BCUT2D eigenvalue weighted by Gasteiger charge is -2.19. The lowest BCUT2D eigenvalue weighted by atomic mass is 10.1. The number of para-hydroxylation sites is 2. The summed E-state index contributed by atoms with van der Waals surface area (Å²) in [5, 5.41) is 2.65. The minimum atomic E-state index is -0.595. The van der Waals surface area contributed by atoms with E-state index < -0.39 is 24.4 Å². The number of nitrogens with zero attached hydrogens (tertiary/aromatic N) is 1. The number of carbonyl (C=O) groups is 3. The molecule has 1 aliphatic heterocycles. The normalized spacial score (nSPS) is 15.9. The van der Waals surface area contributed by atoms with Crippen LogP contribution >= 0.6 is 0 Å². The first-order chi connectivity index (χ1) is 13.9. The van der Waals surface area contributed by atoms with Gasteiger partial charge >= 0.3 is 5.97 Å². The lowest BCUT2D eigenvalue weighted by molar-refractivity contribution is -0.151. The SMILES string of the molecule is COc1ccccc1NC(=O)COC(=O)[C@@H]1CC(=O)N(c2ccc(C)cc2C)C1. The number of rotatable bonds is 6. The average Bonchev–Trinajstić information content (AvgIpc) is 3.08. The number of esters is 1. The van der Waals surface area contributed by atoms with Crippen LogP contribution < -0.4 is 15.0 Å². The van der Waals surface area contributed by atoms with Crippen LogP contribution in [0.1, 0.15) is 17.5 Å². The van der Waals surface area contributed by atoms with Crippen molar-refractivity contribution in [1.29, 1.82) is 0 Å². The van der Waals surface area contributed by atoms with Gasteiger partial charge in [-0.05, 0) is 37.6 Å². The van der Waals surface area contributed by atoms with Crippen LogP contribution in [0.5, 0.6) is 5.75 Å². The molecule has 1 atom stereocenters. The molecule has 0 spiro atoms. The molecule has 152 valence electrons. The third kappa shape index (κ3) is 4.74. The second-order valence-electron chi connectivity index (χ2n) is 7.05. The Kier molecular flexibility index (Phi) is 6.16. The van der Waals surface area contributed by atoms with Crippen LogP contribution in [-0.2, 0) is 19.1 Å². The standard InChI is InChI=1S/C22H24N2O5/c1-14-8-9-18(15(2)10-14)24-12-16(11-21(24)26)22(27)29-13-20(25)23-17-6-4-5-7-19(17)28-3/h4-10,16H,11-13H2,1-3H3,(H,23,25)/t16-/m1/s1. The third-order valence-corrected chi connectivity index (χ3v) is 4.83. The Labute approximate surface area is 169 Å². The number of amides is 2. The van der Waals surface area contributed by atoms with E-state index in [0.29, 0.717) is 11.4 Å². The number of carbonyl (C=O) groups excluding carboxylic acids is 3. The van der Waals surface area contributed by atoms with Gasteiger partial charge in [0.1, 0.15) is 5.75 Å². The maximum atomic E-state index is 12.4. The number of hydrogen-bond donors (Lipinski definition) is 1. The Bertz CT molecular complexity index is 941. The first kappa shape index (κ1) is 20.4. The summed E-state index contributed by atoms with van der Waals surface area (Å²) >= 11 is 0. The van der Waals surface area contributed by atoms with E-state index in [9.17, 15) is 14.4 Å². The van der Waals surface area contributed by atoms with Crippen LogP contribution in [0.4, 0.5) is 11.4 Å². The fourth-order valence-corrected chi connectivity index (χ4v) is 3.40. The van der Waals surface area contributed by atoms with E-state index in [1.807, 2.05) is 32.0 Å². The van der Waals surface area contributed by atoms with Gasteiger partial charge < -0.3 is 19.7 Å². The molecule has 29 heavy (non-hydrogen) atoms. The maximum absolute atomic E-state index is 12.4. The van der Waals surface area contributed by atoms with Gasteiger partial charge in [0, 0.05) is 18.7 Å². The second kappa shape index (κ2) is 8.77. The molecule has 0 unspecified atom stereocenters. The van der Waals surface area contributed by atoms with E-state index in [-0.39, 0.29) is 18.9 Å². The summed E-state index contributed by atoms with van der Waals surface area (Å²) in [6.07, 6.45) is 0.0697. The zero-order valence-corrected chi connectivity index (χ0v) is 16.7. The van der Waals surface area contributed by atoms with Crippen molar-refractivity contribution in [2.24, 2.45) is 5.92 Å². The molecule has 0 aromatic heterocycles. The zero-order chi connectivity index (χ0) is 21.0. The maximum Gasteiger partial charge on any atom is 0.311 e. The van der Waals surface area contributed by atoms with E-state index in [1.165, 1.54) is 7.11 Å². The molecule has 1 aliphatic rings. The molecule has 1 saturated heterocycles. The summed E-state index contributed by atoms with van der Waals surface area (Å²) in [5.74, 6) is -1.24. The number of nitrogens with one attached hydrogen (secondary N) is 1. The van der Waals surface area contributed by atoms with Crippen molar-refractivity contribution in [3.05, 3.63) is 53.6 Å². The Balaban J connectivity index is 1.56. The molecule has 1 heterocycles. The molecule has 3 rings (SSSR count). The van der Waals surface area contributed by atoms with Crippen molar-refractivity contribution in [1.82, 2.24) is 0 Å². The number of methoxy groups -OCH3 is 1. The summed E-state index contributed by atoms with van der Waals surface area (Å²) in [6.45, 7) is 3.74. The molecule has 2 aromatic rings. The molecule has 1 fully saturated rings. The van der Waals surface area contributed by atoms with Crippen LogP contribution in [0.3, 0.4) is 0 Å². The van der Waals surface area contributed by atoms with E-state index in [1.54, 1.807) is 29.2 Å². The van der Waals surface area contributed by atoms with Crippen LogP contribution in [-0.4, -0.2) is 38.0 Å². The van der Waals surface area contributed by atoms with E-state index in [4.69, 9.17) is 9.47 Å². The molecular formula is C22H24N2O5. The average molecular weight is 396 g/mol. The lowest BCUT2D eigenvalue weighted by Crippen LogP contribution is -2.28. The van der Waals surface area contributed by atoms with Gasteiger partial charge in [0.05, 0.1) is 18.7 Å². The third-order valence-electron chi connectivity index (χ3n) is 4.83. The van der Waals surface area contributed by atoms with E-state index in [0.717, 1.165) is 16.8 Å². The molecule has 2 aromatic carbocycles. The largest absolute Gasteiger partial charge is 0.495 e. The van der Waals surface area contributed by atoms with Gasteiger partial charge in [-0.25, -0.2) is 0 Å². The number of anilines is 2. The molecule has 7 nitrogen and oxygen atoms in total. The highest BCUT2D eigenvalue weighted by Gasteiger charge is 2.36. The van der Waals surface area contributed by atoms with Gasteiger partial charge in [-0.15, -0.1) is 0 Å². The predicted octanol–water partition coefficient (Wildman–Crippen LogP) is 2.85. The number of benzene rings is 2. The fraction of sp³-hybridized carbons (Fsp3) is 0.318. The molecule has 7 heteroatoms. The molecule has 0 radical (unpaired) electrons. The van der Waals surface area contributed by atoms with Crippen LogP contribution in [0.2, 0.25) is 0 Å². The van der Waals surface area contributed by atoms with Crippen LogP contribution in [0, 0.1) is 19.8 Å². The summed E-state index contributed by atoms with van der Waals surface area (Å²) in [7, 11) is 1.50. The summed E-state index contributed by atoms with van der Waals surface area (Å²) in [6, 6.07) is 12.8. The second-order valence-corrected chi connectivity index (χ2v) is 7.05. The highest BCUT2D eigenvalue weighted by Crippen LogP contribution is 2.29. The Hall–Kier alpha value is -3.35. The molecule has 0 bridgehead atoms. The Morgan fingerprint density at radius 2 is 1.93 bits per heavy atom. The first-order valence-electron chi connectivity index (χ1n) is 9.36. The number of aryl methyl sites for hydroxylation is 2. The van der Waals surface area contributed by atoms with Gasteiger partial charge in [0.2, 0.25) is 5.91 Å². The van der Waals surface area contributed by atoms with Crippen LogP contribution in [0.15, 0.2) is 42.5 Å². The summed E-state index contributed by atoms with van der Waals surface area (Å²) < 4.78 is 10.3. The monoisotopic (exact) mass is 396 g/mol. The molecule has 0 saturated carbocycles. The van der Waals surface area contributed by atoms with Gasteiger partial charge in [0.15, 0.2) is 6.61 Å². The van der Waals surface area contributed by atoms with Crippen molar-refractivity contribution in [2.75, 3.05) is 30.5 Å². The van der Waals surface area contributed by atoms with Gasteiger partial charge in [-0.1, -0.05) is 29.8 Å². The molecule has 1 N–H and O–H groups in total. The minimum absolute atomic E-state index is 0.0697. The highest BCUT2D eigenvalue weighted by molar-refractivity contribution is 6.00. The van der Waals surface area contributed by atoms with E-state index in [2.05, 4.69) is 5.32 Å². The smallest absolute Gasteiger partial charge is 0.311 e. The highest BCUT2D eigenvalue weighted by atomic mass is 16.5. The fourth-order valence-electron chi connectivity index (χ4n) is 3.40. The zero-order valence-electron chi connectivity index (χ0n) is 16.7. The number of hydrogen-bond acceptors (Lipinski definition) is 5. The van der Waals surface area contributed by atoms with Crippen molar-refractivity contribution in [3.8, 4) is 5.75 Å². The van der Waals surface area contributed by atoms with Crippen molar-refractivity contribution in [3.63, 3.8) is 0 Å². The first-order valence-corrected chi connectivity index (χ1v) is 9.36. The van der Waals surface area contributed by atoms with Crippen molar-refractivity contribution >= 4 is 29.2 Å². The van der Waals surface area contributed by atoms with Gasteiger partial charge in [0.25, 0.3) is 5.91 Å². The molecule has 0 aliphatic carbocycles. The van der Waals surface area contributed by atoms with Gasteiger partial charge in [-0.2, -0.15) is 0 Å². The molecular weight excluding hydrogens is 372 g/mol. The Morgan fingerprint density at radius 3 is 2.66 bits per heavy atom.